The molecule has 0 radical (unpaired) electrons. The molecule has 0 spiro atoms. The zero-order chi connectivity index (χ0) is 11.9. The fraction of sp³-hybridized carbons (Fsp3) is 0.818. The number of thioether (sulfide) groups is 2. The summed E-state index contributed by atoms with van der Waals surface area (Å²) in [6.45, 7) is 4.08. The van der Waals surface area contributed by atoms with E-state index in [1.54, 1.807) is 0 Å². The maximum Gasteiger partial charge on any atom is 0.134 e. The van der Waals surface area contributed by atoms with E-state index in [4.69, 9.17) is 0 Å². The Hall–Kier alpha value is -0.200. The summed E-state index contributed by atoms with van der Waals surface area (Å²) < 4.78 is 2.11. The van der Waals surface area contributed by atoms with Crippen molar-refractivity contribution in [1.29, 1.82) is 0 Å². The van der Waals surface area contributed by atoms with Gasteiger partial charge in [-0.05, 0) is 6.92 Å². The Morgan fingerprint density at radius 1 is 1.41 bits per heavy atom. The van der Waals surface area contributed by atoms with Gasteiger partial charge < -0.3 is 9.88 Å². The maximum atomic E-state index is 4.15. The van der Waals surface area contributed by atoms with Gasteiger partial charge in [-0.2, -0.15) is 23.5 Å². The van der Waals surface area contributed by atoms with Crippen molar-refractivity contribution in [2.24, 2.45) is 0 Å². The molecule has 2 rings (SSSR count). The first-order valence-electron chi connectivity index (χ1n) is 6.15. The van der Waals surface area contributed by atoms with Crippen LogP contribution in [0.5, 0.6) is 0 Å². The number of aryl methyl sites for hydroxylation is 1. The second-order valence-electron chi connectivity index (χ2n) is 4.08. The second-order valence-corrected chi connectivity index (χ2v) is 6.38. The third-order valence-electron chi connectivity index (χ3n) is 2.83. The average molecular weight is 272 g/mol. The Labute approximate surface area is 111 Å². The lowest BCUT2D eigenvalue weighted by Crippen LogP contribution is -2.35. The maximum absolute atomic E-state index is 4.15. The van der Waals surface area contributed by atoms with Crippen molar-refractivity contribution in [1.82, 2.24) is 20.1 Å². The van der Waals surface area contributed by atoms with Crippen molar-refractivity contribution in [2.75, 3.05) is 29.6 Å². The van der Waals surface area contributed by atoms with Crippen LogP contribution < -0.4 is 5.32 Å². The van der Waals surface area contributed by atoms with Crippen molar-refractivity contribution in [3.05, 3.63) is 12.2 Å². The summed E-state index contributed by atoms with van der Waals surface area (Å²) in [7, 11) is 0. The molecule has 1 N–H and O–H groups in total. The number of nitrogens with zero attached hydrogens (tertiary/aromatic N) is 3. The minimum absolute atomic E-state index is 0.658. The number of hydrogen-bond acceptors (Lipinski definition) is 5. The van der Waals surface area contributed by atoms with E-state index in [9.17, 15) is 0 Å². The minimum atomic E-state index is 0.658. The summed E-state index contributed by atoms with van der Waals surface area (Å²) in [6, 6.07) is 0.658. The Morgan fingerprint density at radius 3 is 2.88 bits per heavy atom. The summed E-state index contributed by atoms with van der Waals surface area (Å²) in [5.74, 6) is 6.18. The molecule has 1 saturated heterocycles. The highest BCUT2D eigenvalue weighted by Crippen LogP contribution is 2.16. The first kappa shape index (κ1) is 13.2. The van der Waals surface area contributed by atoms with Crippen LogP contribution in [0.4, 0.5) is 0 Å². The van der Waals surface area contributed by atoms with E-state index < -0.39 is 0 Å². The van der Waals surface area contributed by atoms with Gasteiger partial charge in [0.15, 0.2) is 0 Å². The largest absolute Gasteiger partial charge is 0.318 e. The summed E-state index contributed by atoms with van der Waals surface area (Å²) in [5.41, 5.74) is 0. The Morgan fingerprint density at radius 2 is 2.18 bits per heavy atom. The van der Waals surface area contributed by atoms with Gasteiger partial charge in [0.1, 0.15) is 12.2 Å². The predicted octanol–water partition coefficient (Wildman–Crippen LogP) is 1.28. The van der Waals surface area contributed by atoms with E-state index in [1.807, 2.05) is 6.33 Å². The van der Waals surface area contributed by atoms with Crippen LogP contribution in [-0.2, 0) is 13.0 Å². The average Bonchev–Trinajstić information content (AvgIpc) is 2.64. The fourth-order valence-electron chi connectivity index (χ4n) is 1.86. The van der Waals surface area contributed by atoms with Crippen molar-refractivity contribution in [2.45, 2.75) is 25.9 Å². The van der Waals surface area contributed by atoms with Gasteiger partial charge in [0, 0.05) is 48.6 Å². The van der Waals surface area contributed by atoms with Crippen LogP contribution in [0.25, 0.3) is 0 Å². The van der Waals surface area contributed by atoms with Gasteiger partial charge in [-0.15, -0.1) is 10.2 Å². The molecule has 0 bridgehead atoms. The first-order valence-corrected chi connectivity index (χ1v) is 8.46. The Kier molecular flexibility index (Phi) is 5.67. The molecule has 1 aliphatic heterocycles. The number of hydrogen-bond donors (Lipinski definition) is 1. The normalized spacial score (nSPS) is 18.2. The SMILES string of the molecule is CCn1cnnc1CCNC1CSCCSC1. The van der Waals surface area contributed by atoms with E-state index >= 15 is 0 Å². The van der Waals surface area contributed by atoms with Gasteiger partial charge >= 0.3 is 0 Å². The molecule has 2 heterocycles. The summed E-state index contributed by atoms with van der Waals surface area (Å²) in [6.07, 6.45) is 2.78. The van der Waals surface area contributed by atoms with Crippen molar-refractivity contribution >= 4 is 23.5 Å². The molecule has 1 aliphatic rings. The topological polar surface area (TPSA) is 42.7 Å². The molecule has 0 saturated carbocycles. The van der Waals surface area contributed by atoms with Gasteiger partial charge in [-0.25, -0.2) is 0 Å². The predicted molar refractivity (Wildman–Crippen MR) is 75.8 cm³/mol. The van der Waals surface area contributed by atoms with Crippen LogP contribution in [0.15, 0.2) is 6.33 Å². The molecular weight excluding hydrogens is 252 g/mol. The minimum Gasteiger partial charge on any atom is -0.318 e. The van der Waals surface area contributed by atoms with E-state index in [2.05, 4.69) is 50.5 Å². The summed E-state index contributed by atoms with van der Waals surface area (Å²) in [4.78, 5) is 0. The van der Waals surface area contributed by atoms with Gasteiger partial charge in [0.25, 0.3) is 0 Å². The molecule has 0 aliphatic carbocycles. The Bertz CT molecular complexity index is 321. The molecular formula is C11H20N4S2. The van der Waals surface area contributed by atoms with Gasteiger partial charge in [-0.3, -0.25) is 0 Å². The molecule has 96 valence electrons. The van der Waals surface area contributed by atoms with Crippen LogP contribution in [0.2, 0.25) is 0 Å². The molecule has 0 aromatic carbocycles. The second kappa shape index (κ2) is 7.28. The third kappa shape index (κ3) is 4.19. The van der Waals surface area contributed by atoms with E-state index in [-0.39, 0.29) is 0 Å². The summed E-state index contributed by atoms with van der Waals surface area (Å²) in [5, 5.41) is 11.7. The third-order valence-corrected chi connectivity index (χ3v) is 5.35. The molecule has 6 heteroatoms. The molecule has 17 heavy (non-hydrogen) atoms. The number of aromatic nitrogens is 3. The van der Waals surface area contributed by atoms with Crippen LogP contribution in [0, 0.1) is 0 Å². The summed E-state index contributed by atoms with van der Waals surface area (Å²) >= 11 is 4.13. The van der Waals surface area contributed by atoms with Gasteiger partial charge in [0.05, 0.1) is 0 Å². The smallest absolute Gasteiger partial charge is 0.134 e. The molecule has 1 aromatic rings. The molecule has 0 atom stereocenters. The zero-order valence-corrected chi connectivity index (χ0v) is 11.9. The highest BCUT2D eigenvalue weighted by Gasteiger charge is 2.12. The van der Waals surface area contributed by atoms with Crippen LogP contribution in [-0.4, -0.2) is 50.4 Å². The van der Waals surface area contributed by atoms with Crippen LogP contribution in [0.1, 0.15) is 12.7 Å². The van der Waals surface area contributed by atoms with E-state index in [1.165, 1.54) is 23.0 Å². The lowest BCUT2D eigenvalue weighted by Gasteiger charge is -2.15. The van der Waals surface area contributed by atoms with Crippen molar-refractivity contribution in [3.63, 3.8) is 0 Å². The van der Waals surface area contributed by atoms with E-state index in [0.29, 0.717) is 6.04 Å². The lowest BCUT2D eigenvalue weighted by molar-refractivity contribution is 0.581. The fourth-order valence-corrected chi connectivity index (χ4v) is 4.33. The van der Waals surface area contributed by atoms with Gasteiger partial charge in [-0.1, -0.05) is 0 Å². The van der Waals surface area contributed by atoms with Crippen molar-refractivity contribution < 1.29 is 0 Å². The monoisotopic (exact) mass is 272 g/mol. The molecule has 1 aromatic heterocycles. The van der Waals surface area contributed by atoms with Crippen LogP contribution in [0.3, 0.4) is 0 Å². The number of rotatable bonds is 5. The standard InChI is InChI=1S/C11H20N4S2/c1-2-15-9-13-14-11(15)3-4-12-10-7-16-5-6-17-8-10/h9-10,12H,2-8H2,1H3. The van der Waals surface area contributed by atoms with Crippen molar-refractivity contribution in [3.8, 4) is 0 Å². The molecule has 4 nitrogen and oxygen atoms in total. The molecule has 1 fully saturated rings. The van der Waals surface area contributed by atoms with Crippen LogP contribution >= 0.6 is 23.5 Å². The zero-order valence-electron chi connectivity index (χ0n) is 10.3. The highest BCUT2D eigenvalue weighted by molar-refractivity contribution is 8.03. The number of nitrogens with one attached hydrogen (secondary N) is 1. The van der Waals surface area contributed by atoms with Gasteiger partial charge in [0.2, 0.25) is 0 Å². The molecule has 0 unspecified atom stereocenters. The Balaban J connectivity index is 1.71. The van der Waals surface area contributed by atoms with E-state index in [0.717, 1.165) is 25.3 Å². The first-order chi connectivity index (χ1) is 8.40. The lowest BCUT2D eigenvalue weighted by atomic mass is 10.3. The highest BCUT2D eigenvalue weighted by atomic mass is 32.2. The molecule has 0 amide bonds. The quantitative estimate of drug-likeness (QED) is 0.874.